The molecule has 5 aromatic rings. The number of esters is 1. The summed E-state index contributed by atoms with van der Waals surface area (Å²) in [5.41, 5.74) is 4.61. The molecule has 0 aliphatic carbocycles. The maximum Gasteiger partial charge on any atom is 0.341 e. The van der Waals surface area contributed by atoms with E-state index >= 15 is 0 Å². The van der Waals surface area contributed by atoms with Crippen LogP contribution in [0.15, 0.2) is 90.3 Å². The zero-order valence-corrected chi connectivity index (χ0v) is 21.2. The molecule has 3 aromatic carbocycles. The molecule has 0 radical (unpaired) electrons. The lowest BCUT2D eigenvalue weighted by atomic mass is 10.0. The Labute approximate surface area is 218 Å². The van der Waals surface area contributed by atoms with Crippen LogP contribution in [0.3, 0.4) is 0 Å². The monoisotopic (exact) mass is 508 g/mol. The minimum absolute atomic E-state index is 0.233. The Morgan fingerprint density at radius 3 is 2.38 bits per heavy atom. The third-order valence-corrected chi connectivity index (χ3v) is 6.82. The van der Waals surface area contributed by atoms with Crippen molar-refractivity contribution in [1.29, 1.82) is 0 Å². The number of carbonyl (C=O) groups is 2. The average molecular weight is 509 g/mol. The number of methoxy groups -OCH3 is 1. The molecule has 0 unspecified atom stereocenters. The Bertz CT molecular complexity index is 1580. The zero-order valence-electron chi connectivity index (χ0n) is 20.4. The van der Waals surface area contributed by atoms with Gasteiger partial charge in [0.1, 0.15) is 16.3 Å². The fourth-order valence-corrected chi connectivity index (χ4v) is 5.08. The van der Waals surface area contributed by atoms with E-state index in [1.807, 2.05) is 84.2 Å². The van der Waals surface area contributed by atoms with Gasteiger partial charge in [0, 0.05) is 21.9 Å². The van der Waals surface area contributed by atoms with Crippen LogP contribution in [0.4, 0.5) is 5.00 Å². The summed E-state index contributed by atoms with van der Waals surface area (Å²) in [7, 11) is 1.62. The first-order chi connectivity index (χ1) is 18.1. The molecule has 1 amide bonds. The van der Waals surface area contributed by atoms with E-state index in [4.69, 9.17) is 14.5 Å². The molecule has 0 bridgehead atoms. The molecule has 0 aliphatic heterocycles. The van der Waals surface area contributed by atoms with Crippen molar-refractivity contribution in [2.75, 3.05) is 19.0 Å². The van der Waals surface area contributed by atoms with Crippen LogP contribution in [0.25, 0.3) is 33.3 Å². The summed E-state index contributed by atoms with van der Waals surface area (Å²) in [5, 5.41) is 6.00. The van der Waals surface area contributed by atoms with Crippen molar-refractivity contribution in [3.05, 3.63) is 101 Å². The van der Waals surface area contributed by atoms with E-state index in [0.29, 0.717) is 27.3 Å². The van der Waals surface area contributed by atoms with E-state index in [0.717, 1.165) is 27.8 Å². The third-order valence-electron chi connectivity index (χ3n) is 5.93. The SMILES string of the molecule is CCOC(=O)c1c(-c2ccccc2)csc1NC(=O)c1cc(-c2ccc(OC)cc2)nc2ccccc12. The first-order valence-electron chi connectivity index (χ1n) is 11.8. The molecule has 5 rings (SSSR count). The topological polar surface area (TPSA) is 77.5 Å². The lowest BCUT2D eigenvalue weighted by Gasteiger charge is -2.12. The number of amides is 1. The molecule has 0 spiro atoms. The number of fused-ring (bicyclic) bond motifs is 1. The maximum absolute atomic E-state index is 13.7. The van der Waals surface area contributed by atoms with Gasteiger partial charge < -0.3 is 14.8 Å². The number of thiophene rings is 1. The van der Waals surface area contributed by atoms with E-state index < -0.39 is 5.97 Å². The second-order valence-electron chi connectivity index (χ2n) is 8.19. The van der Waals surface area contributed by atoms with Gasteiger partial charge in [-0.15, -0.1) is 11.3 Å². The van der Waals surface area contributed by atoms with E-state index in [2.05, 4.69) is 5.32 Å². The molecule has 0 atom stereocenters. The summed E-state index contributed by atoms with van der Waals surface area (Å²) in [6.45, 7) is 1.99. The van der Waals surface area contributed by atoms with Crippen molar-refractivity contribution in [3.63, 3.8) is 0 Å². The summed E-state index contributed by atoms with van der Waals surface area (Å²) >= 11 is 1.30. The van der Waals surface area contributed by atoms with Gasteiger partial charge in [0.05, 0.1) is 30.5 Å². The number of nitrogens with zero attached hydrogens (tertiary/aromatic N) is 1. The van der Waals surface area contributed by atoms with Crippen molar-refractivity contribution >= 4 is 39.1 Å². The largest absolute Gasteiger partial charge is 0.497 e. The number of ether oxygens (including phenoxy) is 2. The van der Waals surface area contributed by atoms with Crippen LogP contribution in [0, 0.1) is 0 Å². The quantitative estimate of drug-likeness (QED) is 0.238. The molecule has 184 valence electrons. The molecule has 2 aromatic heterocycles. The highest BCUT2D eigenvalue weighted by Crippen LogP contribution is 2.37. The summed E-state index contributed by atoms with van der Waals surface area (Å²) in [4.78, 5) is 31.4. The number of carbonyl (C=O) groups excluding carboxylic acids is 2. The van der Waals surface area contributed by atoms with E-state index in [-0.39, 0.29) is 12.5 Å². The highest BCUT2D eigenvalue weighted by Gasteiger charge is 2.24. The number of aromatic nitrogens is 1. The van der Waals surface area contributed by atoms with E-state index in [1.165, 1.54) is 11.3 Å². The Morgan fingerprint density at radius 2 is 1.65 bits per heavy atom. The second-order valence-corrected chi connectivity index (χ2v) is 9.07. The first kappa shape index (κ1) is 24.2. The smallest absolute Gasteiger partial charge is 0.341 e. The minimum Gasteiger partial charge on any atom is -0.497 e. The first-order valence-corrected chi connectivity index (χ1v) is 12.7. The molecule has 0 saturated heterocycles. The molecule has 0 aliphatic rings. The number of rotatable bonds is 7. The van der Waals surface area contributed by atoms with Crippen molar-refractivity contribution in [1.82, 2.24) is 4.98 Å². The molecule has 0 fully saturated rings. The highest BCUT2D eigenvalue weighted by atomic mass is 32.1. The molecule has 2 heterocycles. The van der Waals surface area contributed by atoms with Gasteiger partial charge in [-0.2, -0.15) is 0 Å². The number of hydrogen-bond donors (Lipinski definition) is 1. The van der Waals surface area contributed by atoms with Gasteiger partial charge in [-0.1, -0.05) is 48.5 Å². The van der Waals surface area contributed by atoms with Crippen LogP contribution < -0.4 is 10.1 Å². The van der Waals surface area contributed by atoms with Gasteiger partial charge in [-0.3, -0.25) is 4.79 Å². The summed E-state index contributed by atoms with van der Waals surface area (Å²) in [6, 6.07) is 26.4. The summed E-state index contributed by atoms with van der Waals surface area (Å²) < 4.78 is 10.6. The van der Waals surface area contributed by atoms with Gasteiger partial charge >= 0.3 is 5.97 Å². The fourth-order valence-electron chi connectivity index (χ4n) is 4.13. The van der Waals surface area contributed by atoms with Crippen LogP contribution in [-0.2, 0) is 4.74 Å². The highest BCUT2D eigenvalue weighted by molar-refractivity contribution is 7.15. The van der Waals surface area contributed by atoms with Gasteiger partial charge in [0.2, 0.25) is 0 Å². The minimum atomic E-state index is -0.476. The number of nitrogens with one attached hydrogen (secondary N) is 1. The third kappa shape index (κ3) is 4.94. The summed E-state index contributed by atoms with van der Waals surface area (Å²) in [5.74, 6) is -0.0716. The predicted molar refractivity (Wildman–Crippen MR) is 147 cm³/mol. The second kappa shape index (κ2) is 10.6. The van der Waals surface area contributed by atoms with Crippen LogP contribution in [0.2, 0.25) is 0 Å². The zero-order chi connectivity index (χ0) is 25.8. The molecule has 7 heteroatoms. The van der Waals surface area contributed by atoms with Crippen molar-refractivity contribution in [2.24, 2.45) is 0 Å². The van der Waals surface area contributed by atoms with Crippen LogP contribution in [0.1, 0.15) is 27.6 Å². The van der Waals surface area contributed by atoms with Crippen molar-refractivity contribution in [2.45, 2.75) is 6.92 Å². The van der Waals surface area contributed by atoms with Crippen molar-refractivity contribution in [3.8, 4) is 28.1 Å². The Morgan fingerprint density at radius 1 is 0.919 bits per heavy atom. The van der Waals surface area contributed by atoms with Crippen molar-refractivity contribution < 1.29 is 19.1 Å². The standard InChI is InChI=1S/C30H24N2O4S/c1-3-36-30(34)27-24(19-9-5-4-6-10-19)18-37-29(27)32-28(33)23-17-26(20-13-15-21(35-2)16-14-20)31-25-12-8-7-11-22(23)25/h4-18H,3H2,1-2H3,(H,32,33). The van der Waals surface area contributed by atoms with Crippen LogP contribution in [-0.4, -0.2) is 30.6 Å². The maximum atomic E-state index is 13.7. The van der Waals surface area contributed by atoms with E-state index in [1.54, 1.807) is 20.1 Å². The number of para-hydroxylation sites is 1. The van der Waals surface area contributed by atoms with Crippen LogP contribution in [0.5, 0.6) is 5.75 Å². The summed E-state index contributed by atoms with van der Waals surface area (Å²) in [6.07, 6.45) is 0. The fraction of sp³-hybridized carbons (Fsp3) is 0.100. The molecule has 0 saturated carbocycles. The molecular formula is C30H24N2O4S. The number of pyridine rings is 1. The normalized spacial score (nSPS) is 10.8. The lowest BCUT2D eigenvalue weighted by Crippen LogP contribution is -2.15. The Kier molecular flexibility index (Phi) is 6.96. The Balaban J connectivity index is 1.57. The number of anilines is 1. The molecule has 6 nitrogen and oxygen atoms in total. The number of benzene rings is 3. The Hall–Kier alpha value is -4.49. The number of hydrogen-bond acceptors (Lipinski definition) is 6. The van der Waals surface area contributed by atoms with E-state index in [9.17, 15) is 9.59 Å². The molecular weight excluding hydrogens is 484 g/mol. The molecule has 37 heavy (non-hydrogen) atoms. The predicted octanol–water partition coefficient (Wildman–Crippen LogP) is 7.07. The lowest BCUT2D eigenvalue weighted by molar-refractivity contribution is 0.0529. The van der Waals surface area contributed by atoms with Gasteiger partial charge in [0.15, 0.2) is 0 Å². The van der Waals surface area contributed by atoms with Crippen LogP contribution >= 0.6 is 11.3 Å². The molecule has 1 N–H and O–H groups in total. The van der Waals surface area contributed by atoms with Gasteiger partial charge in [0.25, 0.3) is 5.91 Å². The average Bonchev–Trinajstić information content (AvgIpc) is 3.36. The van der Waals surface area contributed by atoms with Gasteiger partial charge in [-0.05, 0) is 48.9 Å². The van der Waals surface area contributed by atoms with Gasteiger partial charge in [-0.25, -0.2) is 9.78 Å².